The summed E-state index contributed by atoms with van der Waals surface area (Å²) in [6.45, 7) is 0. The second-order valence-electron chi connectivity index (χ2n) is 9.22. The van der Waals surface area contributed by atoms with E-state index < -0.39 is 0 Å². The van der Waals surface area contributed by atoms with Crippen molar-refractivity contribution in [2.24, 2.45) is 0 Å². The van der Waals surface area contributed by atoms with Crippen LogP contribution in [0.1, 0.15) is 16.0 Å². The van der Waals surface area contributed by atoms with E-state index in [4.69, 9.17) is 0 Å². The number of allylic oxidation sites excluding steroid dienone is 5. The van der Waals surface area contributed by atoms with Gasteiger partial charge in [0.15, 0.2) is 0 Å². The van der Waals surface area contributed by atoms with Gasteiger partial charge in [-0.1, -0.05) is 127 Å². The molecule has 1 aromatic heterocycles. The van der Waals surface area contributed by atoms with Crippen LogP contribution >= 0.6 is 23.1 Å². The fourth-order valence-electron chi connectivity index (χ4n) is 4.53. The van der Waals surface area contributed by atoms with Gasteiger partial charge in [0, 0.05) is 33.6 Å². The van der Waals surface area contributed by atoms with Gasteiger partial charge in [-0.25, -0.2) is 0 Å². The van der Waals surface area contributed by atoms with E-state index in [0.29, 0.717) is 0 Å². The largest absolute Gasteiger partial charge is 0.239 e. The van der Waals surface area contributed by atoms with E-state index in [0.717, 1.165) is 0 Å². The van der Waals surface area contributed by atoms with Crippen molar-refractivity contribution in [2.75, 3.05) is 0 Å². The van der Waals surface area contributed by atoms with Gasteiger partial charge in [-0.3, -0.25) is 0 Å². The second kappa shape index (κ2) is 12.1. The van der Waals surface area contributed by atoms with E-state index in [2.05, 4.69) is 164 Å². The van der Waals surface area contributed by atoms with Crippen LogP contribution in [0.25, 0.3) is 38.1 Å². The van der Waals surface area contributed by atoms with Gasteiger partial charge in [-0.2, -0.15) is 0 Å². The summed E-state index contributed by atoms with van der Waals surface area (Å²) in [6, 6.07) is 47.1. The highest BCUT2D eigenvalue weighted by atomic mass is 32.2. The molecule has 5 aromatic rings. The summed E-state index contributed by atoms with van der Waals surface area (Å²) in [6.07, 6.45) is 11.2. The number of benzene rings is 4. The third-order valence-corrected chi connectivity index (χ3v) is 8.60. The summed E-state index contributed by atoms with van der Waals surface area (Å²) in [5.74, 6) is 0. The first-order valence-electron chi connectivity index (χ1n) is 13.0. The fourth-order valence-corrected chi connectivity index (χ4v) is 6.58. The molecule has 0 bridgehead atoms. The lowest BCUT2D eigenvalue weighted by Gasteiger charge is -2.16. The Bertz CT molecular complexity index is 1620. The molecule has 1 aliphatic rings. The Kier molecular flexibility index (Phi) is 7.76. The average molecular weight is 536 g/mol. The smallest absolute Gasteiger partial charge is 0.0894 e. The molecule has 1 aliphatic heterocycles. The van der Waals surface area contributed by atoms with Crippen molar-refractivity contribution < 1.29 is 0 Å². The van der Waals surface area contributed by atoms with Crippen molar-refractivity contribution in [1.29, 1.82) is 0 Å². The molecule has 0 radical (unpaired) electrons. The van der Waals surface area contributed by atoms with Crippen LogP contribution in [0.15, 0.2) is 163 Å². The molecule has 39 heavy (non-hydrogen) atoms. The predicted molar refractivity (Wildman–Crippen MR) is 173 cm³/mol. The van der Waals surface area contributed by atoms with Crippen molar-refractivity contribution in [3.63, 3.8) is 0 Å². The molecule has 0 saturated carbocycles. The normalized spacial score (nSPS) is 14.3. The Balaban J connectivity index is 1.36. The summed E-state index contributed by atoms with van der Waals surface area (Å²) in [5, 5.41) is 0. The highest BCUT2D eigenvalue weighted by molar-refractivity contribution is 8.12. The van der Waals surface area contributed by atoms with Crippen LogP contribution in [0, 0.1) is 0 Å². The van der Waals surface area contributed by atoms with E-state index >= 15 is 0 Å². The molecule has 0 amide bonds. The summed E-state index contributed by atoms with van der Waals surface area (Å²) in [4.78, 5) is 4.96. The minimum Gasteiger partial charge on any atom is -0.0894 e. The number of hydrogen-bond donors (Lipinski definition) is 0. The number of rotatable bonds is 6. The van der Waals surface area contributed by atoms with Gasteiger partial charge in [0.25, 0.3) is 0 Å². The van der Waals surface area contributed by atoms with Gasteiger partial charge < -0.3 is 0 Å². The lowest BCUT2D eigenvalue weighted by Crippen LogP contribution is -1.91. The van der Waals surface area contributed by atoms with E-state index in [1.165, 1.54) is 53.0 Å². The average Bonchev–Trinajstić information content (AvgIpc) is 3.02. The topological polar surface area (TPSA) is 0 Å². The molecule has 6 rings (SSSR count). The third kappa shape index (κ3) is 6.26. The van der Waals surface area contributed by atoms with Crippen LogP contribution < -0.4 is 0 Å². The molecular formula is C37H27S2+. The molecule has 2 heteroatoms. The lowest BCUT2D eigenvalue weighted by molar-refractivity contribution is 1.60. The molecular weight excluding hydrogens is 509 g/mol. The van der Waals surface area contributed by atoms with Crippen LogP contribution in [0.5, 0.6) is 0 Å². The van der Waals surface area contributed by atoms with Crippen LogP contribution in [-0.4, -0.2) is 0 Å². The zero-order chi connectivity index (χ0) is 26.3. The first-order chi connectivity index (χ1) is 19.3. The van der Waals surface area contributed by atoms with Crippen molar-refractivity contribution in [3.8, 4) is 21.6 Å². The Morgan fingerprint density at radius 2 is 1.08 bits per heavy atom. The van der Waals surface area contributed by atoms with E-state index in [1.807, 2.05) is 23.1 Å². The Hall–Kier alpha value is -4.24. The molecule has 2 heterocycles. The van der Waals surface area contributed by atoms with Gasteiger partial charge in [0.1, 0.15) is 0 Å². The monoisotopic (exact) mass is 535 g/mol. The quantitative estimate of drug-likeness (QED) is 0.195. The molecule has 0 aliphatic carbocycles. The number of thioether (sulfide) groups is 1. The maximum atomic E-state index is 2.30. The predicted octanol–water partition coefficient (Wildman–Crippen LogP) is 11.1. The second-order valence-corrected chi connectivity index (χ2v) is 11.4. The van der Waals surface area contributed by atoms with Gasteiger partial charge >= 0.3 is 0 Å². The first kappa shape index (κ1) is 25.1. The van der Waals surface area contributed by atoms with E-state index in [9.17, 15) is 0 Å². The molecule has 0 unspecified atom stereocenters. The molecule has 0 spiro atoms. The van der Waals surface area contributed by atoms with Crippen LogP contribution in [0.3, 0.4) is 0 Å². The van der Waals surface area contributed by atoms with Gasteiger partial charge in [0.2, 0.25) is 21.1 Å². The van der Waals surface area contributed by atoms with E-state index in [1.54, 1.807) is 0 Å². The fraction of sp³-hybridized carbons (Fsp3) is 0. The standard InChI is InChI=1S/C37H27S2/c1-5-14-28(15-6-1)32-24-34(38-36(26-32)30-18-9-3-10-19-30)22-13-23-35-25-33(29-16-7-2-8-17-29)27-37(39-35)31-20-11-4-12-21-31/h1-27H/q+1. The maximum Gasteiger partial charge on any atom is 0.239 e. The third-order valence-electron chi connectivity index (χ3n) is 6.48. The van der Waals surface area contributed by atoms with Crippen molar-refractivity contribution in [2.45, 2.75) is 0 Å². The molecule has 0 nitrogen and oxygen atoms in total. The lowest BCUT2D eigenvalue weighted by atomic mass is 10.0. The summed E-state index contributed by atoms with van der Waals surface area (Å²) >= 11 is 3.63. The maximum absolute atomic E-state index is 2.30. The molecule has 0 atom stereocenters. The summed E-state index contributed by atoms with van der Waals surface area (Å²) in [7, 11) is 0. The van der Waals surface area contributed by atoms with Gasteiger partial charge in [0.05, 0.1) is 0 Å². The molecule has 186 valence electrons. The van der Waals surface area contributed by atoms with Gasteiger partial charge in [-0.15, -0.1) is 0 Å². The minimum absolute atomic E-state index is 1.22. The van der Waals surface area contributed by atoms with Gasteiger partial charge in [-0.05, 0) is 58.2 Å². The number of hydrogen-bond acceptors (Lipinski definition) is 1. The highest BCUT2D eigenvalue weighted by Gasteiger charge is 2.16. The van der Waals surface area contributed by atoms with E-state index in [-0.39, 0.29) is 0 Å². The SMILES string of the molecule is C1=C(c2ccccc2)C=C(c2ccccc2)S/C1=C\C=C\c1cc(-c2ccccc2)cc(-c2ccccc2)[s+]1. The Morgan fingerprint density at radius 1 is 0.513 bits per heavy atom. The first-order valence-corrected chi connectivity index (χ1v) is 14.6. The van der Waals surface area contributed by atoms with Crippen molar-refractivity contribution >= 4 is 39.7 Å². The molecule has 0 saturated heterocycles. The molecule has 4 aromatic carbocycles. The Morgan fingerprint density at radius 3 is 1.72 bits per heavy atom. The zero-order valence-electron chi connectivity index (χ0n) is 21.4. The van der Waals surface area contributed by atoms with Crippen molar-refractivity contribution in [1.82, 2.24) is 0 Å². The minimum atomic E-state index is 1.22. The Labute approximate surface area is 239 Å². The highest BCUT2D eigenvalue weighted by Crippen LogP contribution is 2.42. The summed E-state index contributed by atoms with van der Waals surface area (Å²) in [5.41, 5.74) is 7.40. The van der Waals surface area contributed by atoms with Crippen LogP contribution in [0.2, 0.25) is 0 Å². The summed E-state index contributed by atoms with van der Waals surface area (Å²) < 4.78 is 0. The van der Waals surface area contributed by atoms with Crippen LogP contribution in [0.4, 0.5) is 0 Å². The molecule has 0 N–H and O–H groups in total. The van der Waals surface area contributed by atoms with Crippen LogP contribution in [-0.2, 0) is 0 Å². The zero-order valence-corrected chi connectivity index (χ0v) is 23.0. The molecule has 0 fully saturated rings. The van der Waals surface area contributed by atoms with Crippen molar-refractivity contribution in [3.05, 3.63) is 179 Å².